The summed E-state index contributed by atoms with van der Waals surface area (Å²) in [7, 11) is 0. The summed E-state index contributed by atoms with van der Waals surface area (Å²) < 4.78 is 6.07. The number of carbonyl (C=O) groups is 1. The minimum Gasteiger partial charge on any atom is -0.443 e. The molecule has 0 aromatic heterocycles. The van der Waals surface area contributed by atoms with Gasteiger partial charge in [-0.3, -0.25) is 5.43 Å². The van der Waals surface area contributed by atoms with Gasteiger partial charge < -0.3 is 4.74 Å². The Kier molecular flexibility index (Phi) is 4.78. The van der Waals surface area contributed by atoms with Crippen molar-refractivity contribution in [3.05, 3.63) is 40.9 Å². The molecule has 0 saturated heterocycles. The Morgan fingerprint density at radius 3 is 2.28 bits per heavy atom. The fourth-order valence-electron chi connectivity index (χ4n) is 1.15. The van der Waals surface area contributed by atoms with E-state index in [0.717, 1.165) is 10.0 Å². The summed E-state index contributed by atoms with van der Waals surface area (Å²) in [5.74, 6) is 0. The second-order valence-corrected chi connectivity index (χ2v) is 5.65. The summed E-state index contributed by atoms with van der Waals surface area (Å²) >= 11 is 3.35. The molecule has 0 unspecified atom stereocenters. The smallest absolute Gasteiger partial charge is 0.426 e. The highest BCUT2D eigenvalue weighted by Crippen LogP contribution is 2.14. The van der Waals surface area contributed by atoms with Gasteiger partial charge in [0.15, 0.2) is 0 Å². The SMILES string of the molecule is C=C(NNC(=O)OC(C)(C)C)c1ccc(Br)cc1. The van der Waals surface area contributed by atoms with Crippen LogP contribution in [0.25, 0.3) is 5.70 Å². The molecule has 1 rings (SSSR count). The van der Waals surface area contributed by atoms with Crippen molar-refractivity contribution in [1.82, 2.24) is 10.9 Å². The van der Waals surface area contributed by atoms with Gasteiger partial charge in [-0.2, -0.15) is 0 Å². The van der Waals surface area contributed by atoms with E-state index in [9.17, 15) is 4.79 Å². The van der Waals surface area contributed by atoms with E-state index in [2.05, 4.69) is 33.4 Å². The number of ether oxygens (including phenoxy) is 1. The Bertz CT molecular complexity index is 435. The lowest BCUT2D eigenvalue weighted by atomic mass is 10.2. The average molecular weight is 313 g/mol. The molecule has 5 heteroatoms. The molecule has 2 N–H and O–H groups in total. The molecule has 4 nitrogen and oxygen atoms in total. The first-order chi connectivity index (χ1) is 8.28. The molecule has 0 spiro atoms. The predicted octanol–water partition coefficient (Wildman–Crippen LogP) is 3.45. The number of halogens is 1. The van der Waals surface area contributed by atoms with Gasteiger partial charge in [0.25, 0.3) is 0 Å². The van der Waals surface area contributed by atoms with Crippen molar-refractivity contribution in [3.63, 3.8) is 0 Å². The highest BCUT2D eigenvalue weighted by molar-refractivity contribution is 9.10. The van der Waals surface area contributed by atoms with E-state index in [1.54, 1.807) is 20.8 Å². The Morgan fingerprint density at radius 2 is 1.78 bits per heavy atom. The number of rotatable bonds is 3. The number of benzene rings is 1. The number of carbonyl (C=O) groups excluding carboxylic acids is 1. The third kappa shape index (κ3) is 5.23. The van der Waals surface area contributed by atoms with E-state index in [1.165, 1.54) is 0 Å². The van der Waals surface area contributed by atoms with Gasteiger partial charge >= 0.3 is 6.09 Å². The molecular formula is C13H17BrN2O2. The monoisotopic (exact) mass is 312 g/mol. The predicted molar refractivity (Wildman–Crippen MR) is 75.7 cm³/mol. The second-order valence-electron chi connectivity index (χ2n) is 4.74. The normalized spacial score (nSPS) is 10.7. The summed E-state index contributed by atoms with van der Waals surface area (Å²) in [4.78, 5) is 11.4. The third-order valence-corrected chi connectivity index (χ3v) is 2.44. The van der Waals surface area contributed by atoms with Crippen LogP contribution in [-0.2, 0) is 4.74 Å². The highest BCUT2D eigenvalue weighted by Gasteiger charge is 2.15. The third-order valence-electron chi connectivity index (χ3n) is 1.91. The van der Waals surface area contributed by atoms with Crippen molar-refractivity contribution in [2.45, 2.75) is 26.4 Å². The number of hydrogen-bond acceptors (Lipinski definition) is 3. The summed E-state index contributed by atoms with van der Waals surface area (Å²) in [5.41, 5.74) is 6.09. The van der Waals surface area contributed by atoms with E-state index in [0.29, 0.717) is 5.70 Å². The van der Waals surface area contributed by atoms with Gasteiger partial charge in [0.2, 0.25) is 0 Å². The minimum absolute atomic E-state index is 0.523. The van der Waals surface area contributed by atoms with Gasteiger partial charge in [0, 0.05) is 4.47 Å². The van der Waals surface area contributed by atoms with Crippen molar-refractivity contribution < 1.29 is 9.53 Å². The first-order valence-electron chi connectivity index (χ1n) is 5.48. The Hall–Kier alpha value is -1.49. The van der Waals surface area contributed by atoms with E-state index >= 15 is 0 Å². The molecule has 0 aliphatic rings. The van der Waals surface area contributed by atoms with Gasteiger partial charge in [-0.25, -0.2) is 10.2 Å². The lowest BCUT2D eigenvalue weighted by molar-refractivity contribution is 0.0511. The molecule has 98 valence electrons. The van der Waals surface area contributed by atoms with Crippen LogP contribution < -0.4 is 10.9 Å². The lowest BCUT2D eigenvalue weighted by Gasteiger charge is -2.20. The van der Waals surface area contributed by atoms with Crippen molar-refractivity contribution in [1.29, 1.82) is 0 Å². The number of amides is 1. The first-order valence-corrected chi connectivity index (χ1v) is 6.27. The van der Waals surface area contributed by atoms with E-state index < -0.39 is 11.7 Å². The quantitative estimate of drug-likeness (QED) is 0.840. The largest absolute Gasteiger partial charge is 0.443 e. The van der Waals surface area contributed by atoms with Crippen molar-refractivity contribution in [3.8, 4) is 0 Å². The van der Waals surface area contributed by atoms with Crippen LogP contribution in [0.4, 0.5) is 4.79 Å². The van der Waals surface area contributed by atoms with Gasteiger partial charge in [0.05, 0.1) is 5.70 Å². The van der Waals surface area contributed by atoms with E-state index in [4.69, 9.17) is 4.74 Å². The van der Waals surface area contributed by atoms with E-state index in [-0.39, 0.29) is 0 Å². The fourth-order valence-corrected chi connectivity index (χ4v) is 1.42. The number of hydrazine groups is 1. The van der Waals surface area contributed by atoms with Gasteiger partial charge in [-0.1, -0.05) is 34.6 Å². The maximum Gasteiger partial charge on any atom is 0.426 e. The Morgan fingerprint density at radius 1 is 1.22 bits per heavy atom. The maximum absolute atomic E-state index is 11.4. The van der Waals surface area contributed by atoms with Crippen LogP contribution in [-0.4, -0.2) is 11.7 Å². The fraction of sp³-hybridized carbons (Fsp3) is 0.308. The summed E-state index contributed by atoms with van der Waals surface area (Å²) in [6, 6.07) is 7.57. The molecule has 1 aromatic carbocycles. The van der Waals surface area contributed by atoms with Crippen LogP contribution in [0, 0.1) is 0 Å². The van der Waals surface area contributed by atoms with Crippen LogP contribution in [0.3, 0.4) is 0 Å². The van der Waals surface area contributed by atoms with Crippen molar-refractivity contribution in [2.75, 3.05) is 0 Å². The molecule has 0 atom stereocenters. The zero-order chi connectivity index (χ0) is 13.8. The van der Waals surface area contributed by atoms with Gasteiger partial charge in [-0.15, -0.1) is 0 Å². The zero-order valence-electron chi connectivity index (χ0n) is 10.7. The van der Waals surface area contributed by atoms with Crippen molar-refractivity contribution in [2.24, 2.45) is 0 Å². The number of hydrogen-bond donors (Lipinski definition) is 2. The average Bonchev–Trinajstić information content (AvgIpc) is 2.24. The molecule has 0 aliphatic carbocycles. The van der Waals surface area contributed by atoms with Crippen LogP contribution >= 0.6 is 15.9 Å². The van der Waals surface area contributed by atoms with Gasteiger partial charge in [-0.05, 0) is 38.5 Å². The Labute approximate surface area is 116 Å². The molecule has 0 heterocycles. The molecule has 1 amide bonds. The Balaban J connectivity index is 2.47. The zero-order valence-corrected chi connectivity index (χ0v) is 12.3. The van der Waals surface area contributed by atoms with Crippen LogP contribution in [0.1, 0.15) is 26.3 Å². The molecule has 1 aromatic rings. The molecule has 18 heavy (non-hydrogen) atoms. The molecule has 0 fully saturated rings. The highest BCUT2D eigenvalue weighted by atomic mass is 79.9. The minimum atomic E-state index is -0.541. The summed E-state index contributed by atoms with van der Waals surface area (Å²) in [6.45, 7) is 9.23. The topological polar surface area (TPSA) is 50.4 Å². The van der Waals surface area contributed by atoms with Crippen molar-refractivity contribution >= 4 is 27.7 Å². The van der Waals surface area contributed by atoms with E-state index in [1.807, 2.05) is 24.3 Å². The first kappa shape index (κ1) is 14.6. The molecular weight excluding hydrogens is 296 g/mol. The summed E-state index contributed by atoms with van der Waals surface area (Å²) in [6.07, 6.45) is -0.541. The summed E-state index contributed by atoms with van der Waals surface area (Å²) in [5, 5.41) is 0. The molecule has 0 aliphatic heterocycles. The second kappa shape index (κ2) is 5.91. The standard InChI is InChI=1S/C13H17BrN2O2/c1-9(10-5-7-11(14)8-6-10)15-16-12(17)18-13(2,3)4/h5-8,15H,1H2,2-4H3,(H,16,17). The van der Waals surface area contributed by atoms with Crippen LogP contribution in [0.15, 0.2) is 35.3 Å². The maximum atomic E-state index is 11.4. The molecule has 0 saturated carbocycles. The van der Waals surface area contributed by atoms with Crippen LogP contribution in [0.5, 0.6) is 0 Å². The van der Waals surface area contributed by atoms with Crippen LogP contribution in [0.2, 0.25) is 0 Å². The lowest BCUT2D eigenvalue weighted by Crippen LogP contribution is -2.40. The van der Waals surface area contributed by atoms with Gasteiger partial charge in [0.1, 0.15) is 5.60 Å². The molecule has 0 radical (unpaired) electrons. The number of nitrogens with one attached hydrogen (secondary N) is 2. The molecule has 0 bridgehead atoms.